The van der Waals surface area contributed by atoms with Crippen molar-refractivity contribution in [2.24, 2.45) is 0 Å². The number of rotatable bonds is 3. The van der Waals surface area contributed by atoms with Crippen molar-refractivity contribution in [2.45, 2.75) is 17.4 Å². The van der Waals surface area contributed by atoms with Crippen LogP contribution in [0.2, 0.25) is 5.02 Å². The number of hydrogen-bond acceptors (Lipinski definition) is 3. The van der Waals surface area contributed by atoms with Gasteiger partial charge in [-0.15, -0.1) is 12.4 Å². The van der Waals surface area contributed by atoms with E-state index in [4.69, 9.17) is 11.6 Å². The smallest absolute Gasteiger partial charge is 0.242 e. The molecule has 0 aromatic heterocycles. The third kappa shape index (κ3) is 3.56. The van der Waals surface area contributed by atoms with Gasteiger partial charge in [-0.25, -0.2) is 13.1 Å². The second-order valence-corrected chi connectivity index (χ2v) is 5.83. The van der Waals surface area contributed by atoms with Crippen molar-refractivity contribution in [3.8, 4) is 0 Å². The van der Waals surface area contributed by atoms with Crippen molar-refractivity contribution in [3.05, 3.63) is 29.3 Å². The van der Waals surface area contributed by atoms with Crippen LogP contribution >= 0.6 is 24.0 Å². The normalized spacial score (nSPS) is 19.9. The van der Waals surface area contributed by atoms with Crippen molar-refractivity contribution < 1.29 is 8.42 Å². The van der Waals surface area contributed by atoms with E-state index in [1.54, 1.807) is 18.2 Å². The molecule has 1 aromatic carbocycles. The van der Waals surface area contributed by atoms with Gasteiger partial charge in [-0.2, -0.15) is 0 Å². The van der Waals surface area contributed by atoms with Gasteiger partial charge in [0.15, 0.2) is 0 Å². The third-order valence-corrected chi connectivity index (χ3v) is 4.53. The standard InChI is InChI=1S/C10H13ClN2O2S.ClH/c11-9-3-1-2-4-10(9)16(14,15)13-8-5-6-12-7-8;/h1-4,8,12-13H,5-7H2;1H. The molecular weight excluding hydrogens is 283 g/mol. The highest BCUT2D eigenvalue weighted by Gasteiger charge is 2.23. The summed E-state index contributed by atoms with van der Waals surface area (Å²) in [6.07, 6.45) is 0.809. The predicted molar refractivity (Wildman–Crippen MR) is 70.3 cm³/mol. The Bertz CT molecular complexity index is 473. The van der Waals surface area contributed by atoms with Gasteiger partial charge in [-0.3, -0.25) is 0 Å². The molecule has 1 heterocycles. The van der Waals surface area contributed by atoms with Crippen molar-refractivity contribution in [2.75, 3.05) is 13.1 Å². The van der Waals surface area contributed by atoms with E-state index in [1.807, 2.05) is 0 Å². The molecule has 1 fully saturated rings. The lowest BCUT2D eigenvalue weighted by atomic mass is 10.3. The summed E-state index contributed by atoms with van der Waals surface area (Å²) >= 11 is 5.86. The largest absolute Gasteiger partial charge is 0.315 e. The summed E-state index contributed by atoms with van der Waals surface area (Å²) in [6, 6.07) is 6.41. The fourth-order valence-corrected chi connectivity index (χ4v) is 3.49. The van der Waals surface area contributed by atoms with Crippen molar-refractivity contribution in [3.63, 3.8) is 0 Å². The Balaban J connectivity index is 0.00000144. The van der Waals surface area contributed by atoms with Crippen LogP contribution in [-0.2, 0) is 10.0 Å². The monoisotopic (exact) mass is 296 g/mol. The molecule has 17 heavy (non-hydrogen) atoms. The molecule has 0 bridgehead atoms. The summed E-state index contributed by atoms with van der Waals surface area (Å²) in [7, 11) is -3.50. The van der Waals surface area contributed by atoms with Crippen LogP contribution in [0.15, 0.2) is 29.2 Å². The van der Waals surface area contributed by atoms with Crippen molar-refractivity contribution in [1.82, 2.24) is 10.0 Å². The molecule has 0 saturated carbocycles. The quantitative estimate of drug-likeness (QED) is 0.886. The van der Waals surface area contributed by atoms with E-state index in [1.165, 1.54) is 6.07 Å². The molecule has 1 saturated heterocycles. The zero-order valence-electron chi connectivity index (χ0n) is 9.02. The molecule has 1 atom stereocenters. The van der Waals surface area contributed by atoms with E-state index in [0.717, 1.165) is 13.0 Å². The van der Waals surface area contributed by atoms with Crippen LogP contribution in [0.3, 0.4) is 0 Å². The molecule has 1 aliphatic heterocycles. The fourth-order valence-electron chi connectivity index (χ4n) is 1.70. The van der Waals surface area contributed by atoms with Crippen LogP contribution in [0.25, 0.3) is 0 Å². The van der Waals surface area contributed by atoms with Gasteiger partial charge in [0.2, 0.25) is 10.0 Å². The van der Waals surface area contributed by atoms with E-state index in [9.17, 15) is 8.42 Å². The average molecular weight is 297 g/mol. The van der Waals surface area contributed by atoms with E-state index in [-0.39, 0.29) is 28.4 Å². The summed E-state index contributed by atoms with van der Waals surface area (Å²) in [5.74, 6) is 0. The first-order chi connectivity index (χ1) is 7.59. The van der Waals surface area contributed by atoms with Gasteiger partial charge in [0.05, 0.1) is 5.02 Å². The molecule has 1 unspecified atom stereocenters. The first-order valence-electron chi connectivity index (χ1n) is 5.07. The highest BCUT2D eigenvalue weighted by Crippen LogP contribution is 2.20. The Kier molecular flexibility index (Phi) is 5.22. The van der Waals surface area contributed by atoms with Gasteiger partial charge < -0.3 is 5.32 Å². The van der Waals surface area contributed by atoms with Crippen molar-refractivity contribution in [1.29, 1.82) is 0 Å². The molecule has 2 rings (SSSR count). The lowest BCUT2D eigenvalue weighted by molar-refractivity contribution is 0.560. The maximum Gasteiger partial charge on any atom is 0.242 e. The number of sulfonamides is 1. The fraction of sp³-hybridized carbons (Fsp3) is 0.400. The molecule has 1 aliphatic rings. The Morgan fingerprint density at radius 3 is 2.65 bits per heavy atom. The van der Waals surface area contributed by atoms with Crippen molar-refractivity contribution >= 4 is 34.0 Å². The zero-order valence-corrected chi connectivity index (χ0v) is 11.4. The topological polar surface area (TPSA) is 58.2 Å². The van der Waals surface area contributed by atoms with Crippen LogP contribution in [0, 0.1) is 0 Å². The van der Waals surface area contributed by atoms with Crippen LogP contribution in [-0.4, -0.2) is 27.5 Å². The minimum absolute atomic E-state index is 0. The molecule has 0 aliphatic carbocycles. The van der Waals surface area contributed by atoms with Gasteiger partial charge >= 0.3 is 0 Å². The van der Waals surface area contributed by atoms with Crippen LogP contribution < -0.4 is 10.0 Å². The van der Waals surface area contributed by atoms with Gasteiger partial charge in [0, 0.05) is 12.6 Å². The molecular formula is C10H14Cl2N2O2S. The Morgan fingerprint density at radius 2 is 2.06 bits per heavy atom. The molecule has 7 heteroatoms. The van der Waals surface area contributed by atoms with Gasteiger partial charge in [0.25, 0.3) is 0 Å². The van der Waals surface area contributed by atoms with Gasteiger partial charge in [-0.05, 0) is 25.1 Å². The number of benzene rings is 1. The molecule has 96 valence electrons. The maximum atomic E-state index is 12.0. The summed E-state index contributed by atoms with van der Waals surface area (Å²) in [6.45, 7) is 1.51. The predicted octanol–water partition coefficient (Wildman–Crippen LogP) is 1.40. The first-order valence-corrected chi connectivity index (χ1v) is 6.93. The first kappa shape index (κ1) is 14.7. The highest BCUT2D eigenvalue weighted by atomic mass is 35.5. The minimum Gasteiger partial charge on any atom is -0.315 e. The van der Waals surface area contributed by atoms with E-state index < -0.39 is 10.0 Å². The Morgan fingerprint density at radius 1 is 1.35 bits per heavy atom. The molecule has 0 radical (unpaired) electrons. The molecule has 0 spiro atoms. The molecule has 4 nitrogen and oxygen atoms in total. The van der Waals surface area contributed by atoms with E-state index in [0.29, 0.717) is 6.54 Å². The lowest BCUT2D eigenvalue weighted by Gasteiger charge is -2.12. The summed E-state index contributed by atoms with van der Waals surface area (Å²) in [4.78, 5) is 0.142. The summed E-state index contributed by atoms with van der Waals surface area (Å²) < 4.78 is 26.6. The summed E-state index contributed by atoms with van der Waals surface area (Å²) in [5, 5.41) is 3.35. The average Bonchev–Trinajstić information content (AvgIpc) is 2.70. The molecule has 0 amide bonds. The number of nitrogens with one attached hydrogen (secondary N) is 2. The van der Waals surface area contributed by atoms with E-state index >= 15 is 0 Å². The molecule has 1 aromatic rings. The van der Waals surface area contributed by atoms with Gasteiger partial charge in [-0.1, -0.05) is 23.7 Å². The summed E-state index contributed by atoms with van der Waals surface area (Å²) in [5.41, 5.74) is 0. The van der Waals surface area contributed by atoms with Crippen LogP contribution in [0.1, 0.15) is 6.42 Å². The van der Waals surface area contributed by atoms with Crippen LogP contribution in [0.4, 0.5) is 0 Å². The number of halogens is 2. The Labute approximate surface area is 112 Å². The SMILES string of the molecule is Cl.O=S(=O)(NC1CCNC1)c1ccccc1Cl. The number of hydrogen-bond donors (Lipinski definition) is 2. The Hall–Kier alpha value is -0.330. The van der Waals surface area contributed by atoms with Gasteiger partial charge in [0.1, 0.15) is 4.90 Å². The maximum absolute atomic E-state index is 12.0. The lowest BCUT2D eigenvalue weighted by Crippen LogP contribution is -2.36. The zero-order chi connectivity index (χ0) is 11.6. The highest BCUT2D eigenvalue weighted by molar-refractivity contribution is 7.89. The molecule has 2 N–H and O–H groups in total. The van der Waals surface area contributed by atoms with E-state index in [2.05, 4.69) is 10.0 Å². The van der Waals surface area contributed by atoms with Crippen LogP contribution in [0.5, 0.6) is 0 Å². The minimum atomic E-state index is -3.50. The second-order valence-electron chi connectivity index (χ2n) is 3.74. The third-order valence-electron chi connectivity index (χ3n) is 2.51. The second kappa shape index (κ2) is 6.02.